The Morgan fingerprint density at radius 1 is 0.244 bits per heavy atom. The van der Waals surface area contributed by atoms with E-state index in [0.717, 1.165) is 77.3 Å². The van der Waals surface area contributed by atoms with Crippen molar-refractivity contribution in [2.45, 2.75) is 228 Å². The van der Waals surface area contributed by atoms with Gasteiger partial charge < -0.3 is 0 Å². The second kappa shape index (κ2) is 37.3. The summed E-state index contributed by atoms with van der Waals surface area (Å²) in [5, 5.41) is 10.7. The van der Waals surface area contributed by atoms with Crippen LogP contribution in [0.25, 0.3) is 110 Å². The van der Waals surface area contributed by atoms with Crippen LogP contribution in [-0.2, 0) is 35.2 Å². The van der Waals surface area contributed by atoms with E-state index in [1.807, 2.05) is 43.1 Å². The molecular formula is C114H138N5+5. The van der Waals surface area contributed by atoms with E-state index in [1.165, 1.54) is 145 Å². The number of aromatic nitrogens is 5. The Hall–Kier alpha value is -10.8. The molecule has 0 N–H and O–H groups in total. The third kappa shape index (κ3) is 18.7. The van der Waals surface area contributed by atoms with Gasteiger partial charge in [0, 0.05) is 62.1 Å². The molecule has 0 aliphatic rings. The van der Waals surface area contributed by atoms with Crippen molar-refractivity contribution in [2.24, 2.45) is 35.2 Å². The summed E-state index contributed by atoms with van der Waals surface area (Å²) in [5.74, 6) is 2.79. The van der Waals surface area contributed by atoms with Crippen LogP contribution in [0.2, 0.25) is 0 Å². The lowest BCUT2D eigenvalue weighted by atomic mass is 9.86. The molecule has 0 atom stereocenters. The topological polar surface area (TPSA) is 19.4 Å². The molecule has 0 aliphatic carbocycles. The highest BCUT2D eigenvalue weighted by atomic mass is 15.0. The highest BCUT2D eigenvalue weighted by Crippen LogP contribution is 2.41. The van der Waals surface area contributed by atoms with Crippen molar-refractivity contribution in [3.63, 3.8) is 0 Å². The van der Waals surface area contributed by atoms with Crippen molar-refractivity contribution in [2.75, 3.05) is 0 Å². The summed E-state index contributed by atoms with van der Waals surface area (Å²) in [7, 11) is 10.0. The molecule has 15 aromatic rings. The molecule has 15 rings (SSSR count). The first-order valence-corrected chi connectivity index (χ1v) is 43.3. The molecule has 5 heterocycles. The molecule has 5 heteroatoms. The van der Waals surface area contributed by atoms with Gasteiger partial charge in [-0.25, -0.2) is 9.13 Å². The first-order chi connectivity index (χ1) is 59.3. The monoisotopic (exact) mass is 1580 g/mol. The second-order valence-electron chi connectivity index (χ2n) is 36.0. The summed E-state index contributed by atoms with van der Waals surface area (Å²) in [6.45, 7) is 58.6. The number of fused-ring (bicyclic) bond motifs is 5. The molecule has 0 fully saturated rings. The summed E-state index contributed by atoms with van der Waals surface area (Å²) >= 11 is 0. The minimum absolute atomic E-state index is 0.248. The van der Waals surface area contributed by atoms with Crippen LogP contribution in [0, 0.1) is 90.0 Å². The predicted molar refractivity (Wildman–Crippen MR) is 513 cm³/mol. The second-order valence-corrected chi connectivity index (χ2v) is 36.0. The van der Waals surface area contributed by atoms with E-state index in [9.17, 15) is 0 Å². The Morgan fingerprint density at radius 3 is 1.05 bits per heavy atom. The molecule has 0 aliphatic heterocycles. The van der Waals surface area contributed by atoms with E-state index in [1.54, 1.807) is 0 Å². The zero-order valence-electron chi connectivity index (χ0n) is 84.9. The van der Waals surface area contributed by atoms with Crippen LogP contribution in [0.4, 0.5) is 0 Å². The molecule has 0 amide bonds. The minimum Gasteiger partial charge on any atom is -0.200 e. The fraction of sp³-hybridized carbons (Fsp3) is 0.342. The van der Waals surface area contributed by atoms with E-state index >= 15 is 0 Å². The maximum atomic E-state index is 8.74. The van der Waals surface area contributed by atoms with Gasteiger partial charge in [0.15, 0.2) is 29.4 Å². The van der Waals surface area contributed by atoms with Crippen LogP contribution in [0.1, 0.15) is 260 Å². The number of aryl methyl sites for hydroxylation is 7. The number of rotatable bonds is 12. The van der Waals surface area contributed by atoms with Gasteiger partial charge >= 0.3 is 0 Å². The van der Waals surface area contributed by atoms with Gasteiger partial charge in [-0.1, -0.05) is 223 Å². The first kappa shape index (κ1) is 79.4. The highest BCUT2D eigenvalue weighted by molar-refractivity contribution is 6.00. The molecule has 0 spiro atoms. The third-order valence-electron chi connectivity index (χ3n) is 24.9. The summed E-state index contributed by atoms with van der Waals surface area (Å²) in [6, 6.07) is 63.1. The van der Waals surface area contributed by atoms with Crippen molar-refractivity contribution in [1.29, 1.82) is 0 Å². The van der Waals surface area contributed by atoms with Gasteiger partial charge in [-0.3, -0.25) is 0 Å². The van der Waals surface area contributed by atoms with Gasteiger partial charge in [0.25, 0.3) is 0 Å². The maximum absolute atomic E-state index is 8.74. The van der Waals surface area contributed by atoms with E-state index < -0.39 is 0 Å². The van der Waals surface area contributed by atoms with Crippen molar-refractivity contribution in [3.05, 3.63) is 324 Å². The molecule has 0 unspecified atom stereocenters. The Morgan fingerprint density at radius 2 is 0.613 bits per heavy atom. The van der Waals surface area contributed by atoms with Crippen LogP contribution in [-0.4, -0.2) is 0 Å². The van der Waals surface area contributed by atoms with Crippen molar-refractivity contribution in [3.8, 4) is 56.3 Å². The Labute approximate surface area is 726 Å². The smallest absolute Gasteiger partial charge is 0.200 e. The highest BCUT2D eigenvalue weighted by Gasteiger charge is 2.28. The predicted octanol–water partition coefficient (Wildman–Crippen LogP) is 28.5. The summed E-state index contributed by atoms with van der Waals surface area (Å²) in [6.07, 6.45) is 0.513. The summed E-state index contributed by atoms with van der Waals surface area (Å²) in [4.78, 5) is 0. The SMILES string of the molecule is [2H]c1c(C)[n+](C)c(-c2cc(C)cc(C)c2C)c2cccc(C(C)C)c12.[2H]c1c(C)[n+](C)c(-c2cc(C)ccc2C)c2cccc(C(C)C)c12.[2H]c1c(C)[n+](C)c(-c2ccccc2C)c2cccc(C(C)C)c12.[2H]c1c([2H])[n+](C)c(-c2cc(C(C)C)cc(C(C)C)c2C)c2cccc(C(C)C)c12.[2H]c1c([2H])[n+](C)c(-c2cc(C)cc(C)c2C)c2cc(C(C)C)ccc12. The van der Waals surface area contributed by atoms with Gasteiger partial charge in [0.2, 0.25) is 28.5 Å². The Bertz CT molecular complexity index is 6690. The molecule has 0 saturated heterocycles. The van der Waals surface area contributed by atoms with Crippen LogP contribution in [0.3, 0.4) is 0 Å². The van der Waals surface area contributed by atoms with Gasteiger partial charge in [-0.2, -0.15) is 13.7 Å². The zero-order chi connectivity index (χ0) is 92.9. The van der Waals surface area contributed by atoms with Crippen molar-refractivity contribution in [1.82, 2.24) is 0 Å². The molecule has 0 bridgehead atoms. The molecule has 5 nitrogen and oxygen atoms in total. The van der Waals surface area contributed by atoms with Crippen LogP contribution in [0.5, 0.6) is 0 Å². The first-order valence-electron chi connectivity index (χ1n) is 46.8. The molecule has 0 saturated carbocycles. The van der Waals surface area contributed by atoms with Crippen LogP contribution in [0.15, 0.2) is 212 Å². The molecular weight excluding hydrogens is 1440 g/mol. The minimum atomic E-state index is 0.248. The lowest BCUT2D eigenvalue weighted by Crippen LogP contribution is -2.35. The van der Waals surface area contributed by atoms with Crippen LogP contribution < -0.4 is 22.8 Å². The van der Waals surface area contributed by atoms with Gasteiger partial charge in [-0.15, -0.1) is 0 Å². The summed E-state index contributed by atoms with van der Waals surface area (Å²) in [5.41, 5.74) is 36.4. The number of benzene rings is 10. The quantitative estimate of drug-likeness (QED) is 0.109. The van der Waals surface area contributed by atoms with E-state index in [2.05, 4.69) is 372 Å². The Kier molecular flexibility index (Phi) is 24.9. The summed E-state index contributed by atoms with van der Waals surface area (Å²) < 4.78 is 70.5. The fourth-order valence-electron chi connectivity index (χ4n) is 17.3. The van der Waals surface area contributed by atoms with E-state index in [4.69, 9.17) is 9.60 Å². The molecule has 10 aromatic carbocycles. The van der Waals surface area contributed by atoms with Crippen LogP contribution >= 0.6 is 0 Å². The van der Waals surface area contributed by atoms with Gasteiger partial charge in [0.1, 0.15) is 38.0 Å². The molecule has 614 valence electrons. The maximum Gasteiger partial charge on any atom is 0.220 e. The van der Waals surface area contributed by atoms with Gasteiger partial charge in [-0.05, 0) is 276 Å². The lowest BCUT2D eigenvalue weighted by molar-refractivity contribution is -0.665. The number of hydrogen-bond acceptors (Lipinski definition) is 0. The normalized spacial score (nSPS) is 12.4. The fourth-order valence-corrected chi connectivity index (χ4v) is 17.3. The number of nitrogens with zero attached hydrogens (tertiary/aromatic N) is 5. The Balaban J connectivity index is 0.000000153. The number of pyridine rings is 5. The standard InChI is InChI=1S/C26H34N.C23H28N.2C22H26N.C21H24N/c1-16(2)20-14-24(18(5)6)19(7)25(15-20)26-23-11-9-10-21(17(3)4)22(23)12-13-27(26)8;1-14(2)19-9-8-10-20-22(19)13-17(5)24(7)23(20)21-12-15(3)11-16(4)18(21)6;1-14(2)19-8-7-18-9-10-23(6)22(21(18)13-19)20-12-15(3)11-16(4)17(20)5;1-14(2)18-8-7-9-19-21(18)13-17(5)23(6)22(19)20-12-15(3)10-11-16(20)4;1-14(2)17-11-8-12-19-20(17)13-16(4)22(5)21(19)18-10-7-6-9-15(18)3/h9-18H,1-8H3;8-14H,1-7H3;2*7-14H,1-6H3;6-14H,1-5H3/q5*+1/i12D,13D;13D;9D,10D;2*13D. The van der Waals surface area contributed by atoms with E-state index in [0.29, 0.717) is 71.6 Å². The number of hydrogen-bond donors (Lipinski definition) is 0. The average Bonchev–Trinajstić information content (AvgIpc) is 0.771. The molecule has 119 heavy (non-hydrogen) atoms. The van der Waals surface area contributed by atoms with Gasteiger partial charge in [0.05, 0.1) is 50.5 Å². The largest absolute Gasteiger partial charge is 0.220 e. The van der Waals surface area contributed by atoms with E-state index in [-0.39, 0.29) is 12.3 Å². The molecule has 5 aromatic heterocycles. The lowest BCUT2D eigenvalue weighted by Gasteiger charge is -2.19. The van der Waals surface area contributed by atoms with Crippen molar-refractivity contribution >= 4 is 53.9 Å². The average molecular weight is 1590 g/mol. The molecule has 0 radical (unpaired) electrons. The third-order valence-corrected chi connectivity index (χ3v) is 24.9. The van der Waals surface area contributed by atoms with Crippen molar-refractivity contribution < 1.29 is 32.4 Å². The zero-order valence-corrected chi connectivity index (χ0v) is 77.9.